The lowest BCUT2D eigenvalue weighted by Crippen LogP contribution is -2.30. The predicted molar refractivity (Wildman–Crippen MR) is 320 cm³/mol. The Kier molecular flexibility index (Phi) is 57.9. The van der Waals surface area contributed by atoms with Gasteiger partial charge in [-0.1, -0.05) is 284 Å². The minimum absolute atomic E-state index is 0.0955. The van der Waals surface area contributed by atoms with Crippen molar-refractivity contribution in [2.45, 2.75) is 277 Å². The third-order valence-electron chi connectivity index (χ3n) is 12.7. The summed E-state index contributed by atoms with van der Waals surface area (Å²) in [6.07, 6.45) is 85.2. The molecule has 0 bridgehead atoms. The summed E-state index contributed by atoms with van der Waals surface area (Å²) in [7, 11) is 0. The second-order valence-electron chi connectivity index (χ2n) is 19.9. The van der Waals surface area contributed by atoms with E-state index in [2.05, 4.69) is 130 Å². The van der Waals surface area contributed by atoms with Gasteiger partial charge in [0.2, 0.25) is 0 Å². The smallest absolute Gasteiger partial charge is 0.310 e. The van der Waals surface area contributed by atoms with Gasteiger partial charge in [0.15, 0.2) is 6.10 Å². The number of rotatable bonds is 54. The van der Waals surface area contributed by atoms with Crippen LogP contribution in [0.1, 0.15) is 271 Å². The number of ether oxygens (including phenoxy) is 3. The molecule has 420 valence electrons. The zero-order valence-electron chi connectivity index (χ0n) is 48.1. The van der Waals surface area contributed by atoms with E-state index in [1.54, 1.807) is 6.08 Å². The van der Waals surface area contributed by atoms with Gasteiger partial charge in [-0.2, -0.15) is 0 Å². The first-order valence-electron chi connectivity index (χ1n) is 30.5. The van der Waals surface area contributed by atoms with Crippen LogP contribution in [0.4, 0.5) is 0 Å². The lowest BCUT2D eigenvalue weighted by atomic mass is 10.0. The van der Waals surface area contributed by atoms with Gasteiger partial charge < -0.3 is 14.2 Å². The Morgan fingerprint density at radius 1 is 0.297 bits per heavy atom. The highest BCUT2D eigenvalue weighted by atomic mass is 16.6. The van der Waals surface area contributed by atoms with E-state index >= 15 is 0 Å². The van der Waals surface area contributed by atoms with Crippen LogP contribution < -0.4 is 0 Å². The van der Waals surface area contributed by atoms with E-state index in [9.17, 15) is 14.4 Å². The Balaban J connectivity index is 4.30. The molecule has 0 saturated carbocycles. The second-order valence-corrected chi connectivity index (χ2v) is 19.9. The quantitative estimate of drug-likeness (QED) is 0.0261. The Bertz CT molecular complexity index is 1550. The van der Waals surface area contributed by atoms with Crippen LogP contribution in [0.5, 0.6) is 0 Å². The second kappa shape index (κ2) is 61.4. The highest BCUT2D eigenvalue weighted by molar-refractivity contribution is 5.72. The van der Waals surface area contributed by atoms with Crippen molar-refractivity contribution in [2.75, 3.05) is 13.2 Å². The molecule has 0 aromatic carbocycles. The molecule has 0 aliphatic rings. The monoisotopic (exact) mass is 1020 g/mol. The van der Waals surface area contributed by atoms with Crippen molar-refractivity contribution in [3.05, 3.63) is 122 Å². The number of carbonyl (C=O) groups excluding carboxylic acids is 3. The Hall–Kier alpha value is -4.19. The summed E-state index contributed by atoms with van der Waals surface area (Å²) in [6, 6.07) is 0. The SMILES string of the molecule is CC/C=C\C/C=C\C/C=C\C/C=C\C/C=C\CCCCCCCCCCCCCCCC(=O)OCC(COC(=O)CCCCCCCCCCCCCC)OC(=O)C/C=C\C/C=C\C/C=C\C/C=C\C/C=C\CC. The van der Waals surface area contributed by atoms with Crippen molar-refractivity contribution in [3.63, 3.8) is 0 Å². The summed E-state index contributed by atoms with van der Waals surface area (Å²) < 4.78 is 16.8. The average molecular weight is 1030 g/mol. The van der Waals surface area contributed by atoms with E-state index in [1.807, 2.05) is 6.08 Å². The Labute approximate surface area is 456 Å². The molecule has 0 amide bonds. The van der Waals surface area contributed by atoms with E-state index < -0.39 is 12.1 Å². The van der Waals surface area contributed by atoms with Crippen LogP contribution in [0.25, 0.3) is 0 Å². The van der Waals surface area contributed by atoms with E-state index in [0.717, 1.165) is 103 Å². The first kappa shape index (κ1) is 69.8. The molecule has 74 heavy (non-hydrogen) atoms. The molecule has 0 rings (SSSR count). The Morgan fingerprint density at radius 3 is 0.892 bits per heavy atom. The predicted octanol–water partition coefficient (Wildman–Crippen LogP) is 20.8. The fourth-order valence-corrected chi connectivity index (χ4v) is 8.25. The van der Waals surface area contributed by atoms with Crippen LogP contribution in [-0.4, -0.2) is 37.2 Å². The molecule has 6 nitrogen and oxygen atoms in total. The van der Waals surface area contributed by atoms with Gasteiger partial charge in [0.05, 0.1) is 6.42 Å². The van der Waals surface area contributed by atoms with Crippen molar-refractivity contribution in [3.8, 4) is 0 Å². The van der Waals surface area contributed by atoms with E-state index in [1.165, 1.54) is 128 Å². The molecule has 0 fully saturated rings. The summed E-state index contributed by atoms with van der Waals surface area (Å²) in [5.41, 5.74) is 0. The van der Waals surface area contributed by atoms with Gasteiger partial charge in [-0.05, 0) is 89.9 Å². The van der Waals surface area contributed by atoms with Crippen molar-refractivity contribution < 1.29 is 28.6 Å². The highest BCUT2D eigenvalue weighted by Crippen LogP contribution is 2.16. The molecule has 1 unspecified atom stereocenters. The first-order valence-corrected chi connectivity index (χ1v) is 30.5. The average Bonchev–Trinajstić information content (AvgIpc) is 3.40. The van der Waals surface area contributed by atoms with Gasteiger partial charge in [-0.25, -0.2) is 0 Å². The van der Waals surface area contributed by atoms with Crippen molar-refractivity contribution >= 4 is 17.9 Å². The molecule has 0 aromatic heterocycles. The van der Waals surface area contributed by atoms with Crippen LogP contribution in [-0.2, 0) is 28.6 Å². The lowest BCUT2D eigenvalue weighted by molar-refractivity contribution is -0.166. The van der Waals surface area contributed by atoms with Gasteiger partial charge in [0.25, 0.3) is 0 Å². The van der Waals surface area contributed by atoms with Crippen molar-refractivity contribution in [1.29, 1.82) is 0 Å². The number of unbranched alkanes of at least 4 members (excludes halogenated alkanes) is 24. The number of hydrogen-bond donors (Lipinski definition) is 0. The van der Waals surface area contributed by atoms with Crippen LogP contribution in [0.15, 0.2) is 122 Å². The van der Waals surface area contributed by atoms with Crippen LogP contribution in [0.3, 0.4) is 0 Å². The standard InChI is InChI=1S/C68H112O6/c1-4-7-10-13-16-19-22-25-27-28-29-30-31-32-33-34-35-36-37-38-39-40-42-43-46-49-52-55-58-61-67(70)73-64-65(63-72-66(69)60-57-54-51-48-45-24-21-18-15-12-9-6-3)74-68(71)62-59-56-53-50-47-44-41-26-23-20-17-14-11-8-5-2/h7-8,10-11,16-17,19-20,25-27,29-30,32-33,41,47,50,56,59,65H,4-6,9,12-15,18,21-24,28,31,34-40,42-46,48-49,51-55,57-58,60-64H2,1-3H3/b10-7-,11-8-,19-16-,20-17-,27-25-,30-29-,33-32-,41-26-,50-47-,59-56-. The van der Waals surface area contributed by atoms with Gasteiger partial charge in [-0.3, -0.25) is 14.4 Å². The van der Waals surface area contributed by atoms with E-state index in [-0.39, 0.29) is 31.6 Å². The topological polar surface area (TPSA) is 78.9 Å². The molecule has 1 atom stereocenters. The molecule has 0 aliphatic carbocycles. The summed E-state index contributed by atoms with van der Waals surface area (Å²) in [4.78, 5) is 38.1. The molecule has 0 saturated heterocycles. The minimum Gasteiger partial charge on any atom is -0.462 e. The first-order chi connectivity index (χ1) is 36.5. The third-order valence-corrected chi connectivity index (χ3v) is 12.7. The number of allylic oxidation sites excluding steroid dienone is 19. The minimum atomic E-state index is -0.833. The maximum absolute atomic E-state index is 12.8. The normalized spacial score (nSPS) is 13.0. The zero-order chi connectivity index (χ0) is 53.6. The lowest BCUT2D eigenvalue weighted by Gasteiger charge is -2.18. The van der Waals surface area contributed by atoms with Crippen molar-refractivity contribution in [2.24, 2.45) is 0 Å². The maximum Gasteiger partial charge on any atom is 0.310 e. The summed E-state index contributed by atoms with van der Waals surface area (Å²) in [5, 5.41) is 0. The molecule has 6 heteroatoms. The molecule has 0 N–H and O–H groups in total. The van der Waals surface area contributed by atoms with Gasteiger partial charge in [0.1, 0.15) is 13.2 Å². The maximum atomic E-state index is 12.8. The van der Waals surface area contributed by atoms with E-state index in [0.29, 0.717) is 12.8 Å². The fraction of sp³-hybridized carbons (Fsp3) is 0.662. The zero-order valence-corrected chi connectivity index (χ0v) is 48.1. The third kappa shape index (κ3) is 58.7. The molecular formula is C68H112O6. The summed E-state index contributed by atoms with van der Waals surface area (Å²) in [5.74, 6) is -1.05. The molecule has 0 spiro atoms. The summed E-state index contributed by atoms with van der Waals surface area (Å²) in [6.45, 7) is 6.33. The van der Waals surface area contributed by atoms with Gasteiger partial charge in [-0.15, -0.1) is 0 Å². The highest BCUT2D eigenvalue weighted by Gasteiger charge is 2.19. The number of hydrogen-bond acceptors (Lipinski definition) is 6. The van der Waals surface area contributed by atoms with E-state index in [4.69, 9.17) is 14.2 Å². The van der Waals surface area contributed by atoms with Crippen LogP contribution in [0, 0.1) is 0 Å². The van der Waals surface area contributed by atoms with Crippen LogP contribution >= 0.6 is 0 Å². The van der Waals surface area contributed by atoms with Crippen LogP contribution in [0.2, 0.25) is 0 Å². The molecule has 0 aliphatic heterocycles. The van der Waals surface area contributed by atoms with Gasteiger partial charge in [0, 0.05) is 12.8 Å². The summed E-state index contributed by atoms with van der Waals surface area (Å²) >= 11 is 0. The number of esters is 3. The molecule has 0 heterocycles. The largest absolute Gasteiger partial charge is 0.462 e. The molecule has 0 aromatic rings. The van der Waals surface area contributed by atoms with Crippen molar-refractivity contribution in [1.82, 2.24) is 0 Å². The fourth-order valence-electron chi connectivity index (χ4n) is 8.25. The Morgan fingerprint density at radius 2 is 0.568 bits per heavy atom. The number of carbonyl (C=O) groups is 3. The van der Waals surface area contributed by atoms with Gasteiger partial charge >= 0.3 is 17.9 Å². The molecule has 0 radical (unpaired) electrons. The molecular weight excluding hydrogens is 913 g/mol.